The van der Waals surface area contributed by atoms with Crippen molar-refractivity contribution >= 4 is 11.9 Å². The average Bonchev–Trinajstić information content (AvgIpc) is 2.38. The number of carbonyl (C=O) groups excluding carboxylic acids is 2. The first-order valence-electron chi connectivity index (χ1n) is 6.91. The molecule has 19 heavy (non-hydrogen) atoms. The zero-order valence-corrected chi connectivity index (χ0v) is 12.2. The van der Waals surface area contributed by atoms with E-state index in [2.05, 4.69) is 11.8 Å². The summed E-state index contributed by atoms with van der Waals surface area (Å²) in [6, 6.07) is 0. The number of esters is 2. The molecule has 0 bridgehead atoms. The second-order valence-corrected chi connectivity index (χ2v) is 4.21. The molecule has 0 aromatic heterocycles. The molecular weight excluding hydrogens is 244 g/mol. The Hall–Kier alpha value is -1.50. The Morgan fingerprint density at radius 1 is 1.11 bits per heavy atom. The fraction of sp³-hybridized carbons (Fsp3) is 0.733. The van der Waals surface area contributed by atoms with Crippen molar-refractivity contribution in [2.45, 2.75) is 65.4 Å². The highest BCUT2D eigenvalue weighted by atomic mass is 16.5. The minimum Gasteiger partial charge on any atom is -0.466 e. The summed E-state index contributed by atoms with van der Waals surface area (Å²) in [7, 11) is 0. The lowest BCUT2D eigenvalue weighted by Crippen LogP contribution is -2.16. The van der Waals surface area contributed by atoms with Crippen LogP contribution in [-0.4, -0.2) is 24.6 Å². The van der Waals surface area contributed by atoms with Gasteiger partial charge in [0.15, 0.2) is 6.10 Å². The molecule has 0 amide bonds. The van der Waals surface area contributed by atoms with E-state index in [1.165, 1.54) is 0 Å². The molecule has 0 N–H and O–H groups in total. The zero-order valence-electron chi connectivity index (χ0n) is 12.2. The minimum atomic E-state index is -0.339. The molecule has 0 spiro atoms. The van der Waals surface area contributed by atoms with Crippen molar-refractivity contribution in [1.29, 1.82) is 0 Å². The number of carbonyl (C=O) groups is 2. The number of hydrogen-bond acceptors (Lipinski definition) is 4. The van der Waals surface area contributed by atoms with Crippen molar-refractivity contribution in [1.82, 2.24) is 0 Å². The van der Waals surface area contributed by atoms with Crippen molar-refractivity contribution in [3.8, 4) is 11.8 Å². The summed E-state index contributed by atoms with van der Waals surface area (Å²) in [4.78, 5) is 22.8. The lowest BCUT2D eigenvalue weighted by molar-refractivity contribution is -0.147. The smallest absolute Gasteiger partial charge is 0.307 e. The van der Waals surface area contributed by atoms with Crippen molar-refractivity contribution in [3.63, 3.8) is 0 Å². The summed E-state index contributed by atoms with van der Waals surface area (Å²) in [5, 5.41) is 0. The van der Waals surface area contributed by atoms with Gasteiger partial charge in [-0.1, -0.05) is 26.2 Å². The Labute approximate surface area is 115 Å². The molecular formula is C15H24O4. The third-order valence-electron chi connectivity index (χ3n) is 2.47. The molecule has 0 aromatic rings. The molecule has 1 unspecified atom stereocenters. The summed E-state index contributed by atoms with van der Waals surface area (Å²) in [6.45, 7) is 6.12. The third kappa shape index (κ3) is 10.1. The highest BCUT2D eigenvalue weighted by Crippen LogP contribution is 2.04. The molecule has 0 aromatic carbocycles. The van der Waals surface area contributed by atoms with E-state index < -0.39 is 0 Å². The van der Waals surface area contributed by atoms with Gasteiger partial charge in [-0.3, -0.25) is 9.59 Å². The molecule has 1 atom stereocenters. The van der Waals surface area contributed by atoms with Crippen molar-refractivity contribution < 1.29 is 19.1 Å². The van der Waals surface area contributed by atoms with E-state index in [0.717, 1.165) is 12.8 Å². The van der Waals surface area contributed by atoms with Crippen LogP contribution in [0.1, 0.15) is 59.3 Å². The van der Waals surface area contributed by atoms with Gasteiger partial charge in [0.25, 0.3) is 0 Å². The highest BCUT2D eigenvalue weighted by Gasteiger charge is 2.11. The lowest BCUT2D eigenvalue weighted by Gasteiger charge is -2.09. The van der Waals surface area contributed by atoms with Crippen LogP contribution in [0.4, 0.5) is 0 Å². The molecule has 0 radical (unpaired) electrons. The van der Waals surface area contributed by atoms with Gasteiger partial charge in [-0.2, -0.15) is 0 Å². The number of ether oxygens (including phenoxy) is 2. The number of hydrogen-bond donors (Lipinski definition) is 0. The molecule has 0 aliphatic rings. The van der Waals surface area contributed by atoms with Gasteiger partial charge in [0.05, 0.1) is 6.61 Å². The van der Waals surface area contributed by atoms with Crippen LogP contribution in [0.5, 0.6) is 0 Å². The minimum absolute atomic E-state index is 0.227. The Bertz CT molecular complexity index is 325. The largest absolute Gasteiger partial charge is 0.466 e. The van der Waals surface area contributed by atoms with Crippen molar-refractivity contribution in [2.24, 2.45) is 0 Å². The Morgan fingerprint density at radius 2 is 1.79 bits per heavy atom. The molecule has 0 fully saturated rings. The van der Waals surface area contributed by atoms with Gasteiger partial charge in [0.1, 0.15) is 0 Å². The zero-order chi connectivity index (χ0) is 14.5. The van der Waals surface area contributed by atoms with Crippen LogP contribution < -0.4 is 0 Å². The predicted molar refractivity (Wildman–Crippen MR) is 73.3 cm³/mol. The second-order valence-electron chi connectivity index (χ2n) is 4.21. The number of rotatable bonds is 9. The van der Waals surface area contributed by atoms with Crippen LogP contribution in [0.3, 0.4) is 0 Å². The third-order valence-corrected chi connectivity index (χ3v) is 2.47. The summed E-state index contributed by atoms with van der Waals surface area (Å²) < 4.78 is 10.1. The Morgan fingerprint density at radius 3 is 2.37 bits per heavy atom. The molecule has 0 aliphatic carbocycles. The predicted octanol–water partition coefficient (Wildman–Crippen LogP) is 2.85. The first-order chi connectivity index (χ1) is 9.13. The van der Waals surface area contributed by atoms with Crippen LogP contribution in [0.15, 0.2) is 0 Å². The van der Waals surface area contributed by atoms with E-state index in [0.29, 0.717) is 19.4 Å². The van der Waals surface area contributed by atoms with Crippen LogP contribution in [0.25, 0.3) is 0 Å². The Kier molecular flexibility index (Phi) is 10.7. The molecule has 4 nitrogen and oxygen atoms in total. The van der Waals surface area contributed by atoms with E-state index in [-0.39, 0.29) is 30.9 Å². The molecule has 4 heteroatoms. The molecule has 108 valence electrons. The van der Waals surface area contributed by atoms with Gasteiger partial charge in [-0.25, -0.2) is 0 Å². The fourth-order valence-electron chi connectivity index (χ4n) is 1.37. The van der Waals surface area contributed by atoms with Crippen LogP contribution >= 0.6 is 0 Å². The monoisotopic (exact) mass is 268 g/mol. The van der Waals surface area contributed by atoms with Crippen molar-refractivity contribution in [2.75, 3.05) is 6.61 Å². The maximum absolute atomic E-state index is 11.5. The van der Waals surface area contributed by atoms with Gasteiger partial charge in [-0.05, 0) is 26.2 Å². The standard InChI is InChI=1S/C15H24O4/c1-4-7-12-18-14(16)10-8-11-15(17)19-13(6-3)9-5-2/h13H,4,6-8,10-12H2,1-3H3. The fourth-order valence-corrected chi connectivity index (χ4v) is 1.37. The van der Waals surface area contributed by atoms with Crippen molar-refractivity contribution in [3.05, 3.63) is 0 Å². The maximum Gasteiger partial charge on any atom is 0.307 e. The SMILES string of the molecule is CC#CC(CC)OC(=O)CCCC(=O)OCCCC. The quantitative estimate of drug-likeness (QED) is 0.366. The number of unbranched alkanes of at least 4 members (excludes halogenated alkanes) is 1. The summed E-state index contributed by atoms with van der Waals surface area (Å²) in [5.74, 6) is 4.98. The highest BCUT2D eigenvalue weighted by molar-refractivity contribution is 5.72. The molecule has 0 saturated heterocycles. The van der Waals surface area contributed by atoms with Gasteiger partial charge in [-0.15, -0.1) is 5.92 Å². The van der Waals surface area contributed by atoms with E-state index in [4.69, 9.17) is 9.47 Å². The molecule has 0 aliphatic heterocycles. The summed E-state index contributed by atoms with van der Waals surface area (Å²) in [6.07, 6.45) is 3.15. The topological polar surface area (TPSA) is 52.6 Å². The van der Waals surface area contributed by atoms with E-state index in [1.54, 1.807) is 6.92 Å². The van der Waals surface area contributed by atoms with Gasteiger partial charge in [0, 0.05) is 12.8 Å². The normalized spacial score (nSPS) is 11.1. The first-order valence-corrected chi connectivity index (χ1v) is 6.91. The van der Waals surface area contributed by atoms with Crippen LogP contribution in [-0.2, 0) is 19.1 Å². The van der Waals surface area contributed by atoms with E-state index in [1.807, 2.05) is 13.8 Å². The van der Waals surface area contributed by atoms with Gasteiger partial charge >= 0.3 is 11.9 Å². The van der Waals surface area contributed by atoms with Crippen LogP contribution in [0, 0.1) is 11.8 Å². The van der Waals surface area contributed by atoms with E-state index in [9.17, 15) is 9.59 Å². The summed E-state index contributed by atoms with van der Waals surface area (Å²) in [5.41, 5.74) is 0. The van der Waals surface area contributed by atoms with Gasteiger partial charge < -0.3 is 9.47 Å². The first kappa shape index (κ1) is 17.5. The average molecular weight is 268 g/mol. The van der Waals surface area contributed by atoms with Gasteiger partial charge in [0.2, 0.25) is 0 Å². The van der Waals surface area contributed by atoms with E-state index >= 15 is 0 Å². The Balaban J connectivity index is 3.72. The van der Waals surface area contributed by atoms with Crippen LogP contribution in [0.2, 0.25) is 0 Å². The molecule has 0 rings (SSSR count). The summed E-state index contributed by atoms with van der Waals surface area (Å²) >= 11 is 0. The lowest BCUT2D eigenvalue weighted by atomic mass is 10.2. The maximum atomic E-state index is 11.5. The molecule has 0 heterocycles. The second kappa shape index (κ2) is 11.6. The molecule has 0 saturated carbocycles.